The molecule has 2 aliphatic rings. The lowest BCUT2D eigenvalue weighted by atomic mass is 9.85. The second kappa shape index (κ2) is 28.9. The summed E-state index contributed by atoms with van der Waals surface area (Å²) >= 11 is 0. The smallest absolute Gasteiger partial charge is 0.267 e. The van der Waals surface area contributed by atoms with Gasteiger partial charge in [0.1, 0.15) is 52.6 Å². The molecule has 1 aliphatic heterocycles. The third-order valence-corrected chi connectivity index (χ3v) is 14.0. The van der Waals surface area contributed by atoms with Crippen LogP contribution in [0.1, 0.15) is 164 Å². The molecule has 8 N–H and O–H groups in total. The monoisotopic (exact) mass is 1100 g/mol. The summed E-state index contributed by atoms with van der Waals surface area (Å²) in [5.74, 6) is -11.0. The number of amides is 9. The highest BCUT2D eigenvalue weighted by atomic mass is 19.3. The van der Waals surface area contributed by atoms with Crippen molar-refractivity contribution in [1.82, 2.24) is 52.3 Å². The zero-order valence-corrected chi connectivity index (χ0v) is 48.6. The van der Waals surface area contributed by atoms with Gasteiger partial charge in [0.15, 0.2) is 0 Å². The fourth-order valence-electron chi connectivity index (χ4n) is 9.44. The molecule has 2 fully saturated rings. The Balaban J connectivity index is 1.81. The second-order valence-corrected chi connectivity index (χ2v) is 24.6. The molecule has 1 aromatic carbocycles. The summed E-state index contributed by atoms with van der Waals surface area (Å²) in [4.78, 5) is 128. The van der Waals surface area contributed by atoms with E-state index in [-0.39, 0.29) is 54.9 Å². The van der Waals surface area contributed by atoms with Crippen LogP contribution in [0.3, 0.4) is 0 Å². The molecule has 0 unspecified atom stereocenters. The summed E-state index contributed by atoms with van der Waals surface area (Å²) in [5, 5.41) is 21.8. The number of likely N-dealkylation sites (N-methyl/N-ethyl adjacent to an activating group) is 1. The van der Waals surface area contributed by atoms with Gasteiger partial charge < -0.3 is 52.3 Å². The molecule has 1 aromatic rings. The average molecular weight is 1110 g/mol. The van der Waals surface area contributed by atoms with Crippen LogP contribution in [0.4, 0.5) is 13.2 Å². The van der Waals surface area contributed by atoms with E-state index in [1.807, 2.05) is 60.5 Å². The molecule has 440 valence electrons. The molecule has 1 saturated heterocycles. The Labute approximate surface area is 460 Å². The number of hydrogen-bond acceptors (Lipinski definition) is 10. The summed E-state index contributed by atoms with van der Waals surface area (Å²) in [6, 6.07) is -2.33. The van der Waals surface area contributed by atoms with Crippen LogP contribution in [-0.4, -0.2) is 149 Å². The minimum atomic E-state index is -3.44. The highest BCUT2D eigenvalue weighted by molar-refractivity contribution is 6.01. The van der Waals surface area contributed by atoms with Crippen molar-refractivity contribution in [2.75, 3.05) is 33.7 Å². The van der Waals surface area contributed by atoms with Crippen LogP contribution in [0.5, 0.6) is 0 Å². The third-order valence-electron chi connectivity index (χ3n) is 14.0. The standard InChI is InChI=1S/C56H91F3N10O9/c1-33(2)28-40(45(71)63-42(30-35(5)6)47(73)66-55(11,12)52(78)67-53(7,8)50(76)60-26-27-68(13)14)64-51(77)54(9,10)65-46(72)41(29-34(3)4)62-44(70)39(25-20-36-18-16-15-17-19-36)61-48(74)43-31-56(58,59)32-69(43)49(75)37-21-23-38(57)24-22-37/h21-24,33-36,39-43H,15-20,25-32H2,1-14H3,(H,60,76)(H,61,74)(H,62,70)(H,63,71)(H,64,77)(H,65,72)(H,66,73)(H,67,78)/t39-,40-,41-,42-,43-/m0/s1. The summed E-state index contributed by atoms with van der Waals surface area (Å²) in [7, 11) is 3.72. The molecule has 1 heterocycles. The Morgan fingerprint density at radius 2 is 1.08 bits per heavy atom. The summed E-state index contributed by atoms with van der Waals surface area (Å²) in [6.07, 6.45) is 4.80. The van der Waals surface area contributed by atoms with Crippen LogP contribution < -0.4 is 42.5 Å². The lowest BCUT2D eigenvalue weighted by Gasteiger charge is -2.34. The minimum Gasteiger partial charge on any atom is -0.353 e. The molecule has 0 spiro atoms. The molecular formula is C56H91F3N10O9. The molecule has 0 aromatic heterocycles. The molecule has 19 nitrogen and oxygen atoms in total. The van der Waals surface area contributed by atoms with Crippen LogP contribution in [0.15, 0.2) is 24.3 Å². The Bertz CT molecular complexity index is 2250. The third kappa shape index (κ3) is 21.1. The number of carbonyl (C=O) groups is 9. The van der Waals surface area contributed by atoms with Gasteiger partial charge in [-0.25, -0.2) is 13.2 Å². The van der Waals surface area contributed by atoms with Crippen LogP contribution in [0.2, 0.25) is 0 Å². The van der Waals surface area contributed by atoms with E-state index >= 15 is 8.78 Å². The molecule has 9 amide bonds. The van der Waals surface area contributed by atoms with Gasteiger partial charge in [-0.2, -0.15) is 0 Å². The normalized spacial score (nSPS) is 17.7. The molecule has 0 radical (unpaired) electrons. The molecule has 3 rings (SSSR count). The predicted octanol–water partition coefficient (Wildman–Crippen LogP) is 4.48. The number of rotatable bonds is 28. The first kappa shape index (κ1) is 66.5. The maximum atomic E-state index is 15.0. The summed E-state index contributed by atoms with van der Waals surface area (Å²) in [6.45, 7) is 19.7. The zero-order chi connectivity index (χ0) is 59.1. The van der Waals surface area contributed by atoms with Crippen molar-refractivity contribution in [2.24, 2.45) is 23.7 Å². The maximum Gasteiger partial charge on any atom is 0.267 e. The highest BCUT2D eigenvalue weighted by Gasteiger charge is 2.51. The number of nitrogens with zero attached hydrogens (tertiary/aromatic N) is 2. The van der Waals surface area contributed by atoms with Crippen molar-refractivity contribution in [3.05, 3.63) is 35.6 Å². The first-order valence-corrected chi connectivity index (χ1v) is 27.6. The lowest BCUT2D eigenvalue weighted by molar-refractivity contribution is -0.139. The number of benzene rings is 1. The molecule has 1 saturated carbocycles. The average Bonchev–Trinajstić information content (AvgIpc) is 3.66. The van der Waals surface area contributed by atoms with Gasteiger partial charge >= 0.3 is 0 Å². The molecular weight excluding hydrogens is 1010 g/mol. The van der Waals surface area contributed by atoms with Gasteiger partial charge in [-0.3, -0.25) is 43.2 Å². The predicted molar refractivity (Wildman–Crippen MR) is 291 cm³/mol. The van der Waals surface area contributed by atoms with Crippen molar-refractivity contribution in [3.8, 4) is 0 Å². The largest absolute Gasteiger partial charge is 0.353 e. The fourth-order valence-corrected chi connectivity index (χ4v) is 9.44. The summed E-state index contributed by atoms with van der Waals surface area (Å²) in [5.41, 5.74) is -4.69. The number of likely N-dealkylation sites (tertiary alicyclic amines) is 1. The number of alkyl halides is 2. The molecule has 22 heteroatoms. The lowest BCUT2D eigenvalue weighted by Crippen LogP contribution is -2.65. The van der Waals surface area contributed by atoms with Crippen molar-refractivity contribution >= 4 is 53.2 Å². The highest BCUT2D eigenvalue weighted by Crippen LogP contribution is 2.34. The molecule has 1 aliphatic carbocycles. The maximum absolute atomic E-state index is 15.0. The van der Waals surface area contributed by atoms with Crippen molar-refractivity contribution in [3.63, 3.8) is 0 Å². The van der Waals surface area contributed by atoms with E-state index in [1.54, 1.807) is 13.8 Å². The van der Waals surface area contributed by atoms with Crippen LogP contribution >= 0.6 is 0 Å². The second-order valence-electron chi connectivity index (χ2n) is 24.6. The van der Waals surface area contributed by atoms with E-state index in [2.05, 4.69) is 42.5 Å². The Morgan fingerprint density at radius 1 is 0.615 bits per heavy atom. The Hall–Kier alpha value is -5.80. The van der Waals surface area contributed by atoms with Crippen LogP contribution in [0.25, 0.3) is 0 Å². The van der Waals surface area contributed by atoms with E-state index in [9.17, 15) is 47.5 Å². The van der Waals surface area contributed by atoms with E-state index in [4.69, 9.17) is 0 Å². The fraction of sp³-hybridized carbons (Fsp3) is 0.732. The van der Waals surface area contributed by atoms with E-state index < -0.39 is 125 Å². The number of hydrogen-bond donors (Lipinski definition) is 8. The van der Waals surface area contributed by atoms with Crippen LogP contribution in [0, 0.1) is 29.5 Å². The first-order chi connectivity index (χ1) is 36.0. The van der Waals surface area contributed by atoms with E-state index in [0.29, 0.717) is 19.5 Å². The SMILES string of the molecule is CC(C)C[C@H](NC(=O)[C@H](CCC1CCCCC1)NC(=O)[C@@H]1CC(F)(F)CN1C(=O)c1ccc(F)cc1)C(=O)NC(C)(C)C(=O)N[C@@H](CC(C)C)C(=O)N[C@@H](CC(C)C)C(=O)NC(C)(C)C(=O)NC(C)(C)C(=O)NCCN(C)C. The van der Waals surface area contributed by atoms with Crippen LogP contribution in [-0.2, 0) is 38.4 Å². The van der Waals surface area contributed by atoms with E-state index in [0.717, 1.165) is 61.3 Å². The topological polar surface area (TPSA) is 256 Å². The van der Waals surface area contributed by atoms with Gasteiger partial charge in [0, 0.05) is 25.1 Å². The van der Waals surface area contributed by atoms with Crippen molar-refractivity contribution < 1.29 is 56.3 Å². The Morgan fingerprint density at radius 3 is 1.56 bits per heavy atom. The minimum absolute atomic E-state index is 0.0770. The molecule has 5 atom stereocenters. The molecule has 0 bridgehead atoms. The number of carbonyl (C=O) groups excluding carboxylic acids is 9. The number of nitrogens with one attached hydrogen (secondary N) is 8. The zero-order valence-electron chi connectivity index (χ0n) is 48.6. The van der Waals surface area contributed by atoms with Gasteiger partial charge in [0.05, 0.1) is 6.54 Å². The van der Waals surface area contributed by atoms with Gasteiger partial charge in [0.25, 0.3) is 11.8 Å². The van der Waals surface area contributed by atoms with E-state index in [1.165, 1.54) is 27.7 Å². The quantitative estimate of drug-likeness (QED) is 0.0584. The van der Waals surface area contributed by atoms with Crippen molar-refractivity contribution in [1.29, 1.82) is 0 Å². The van der Waals surface area contributed by atoms with Gasteiger partial charge in [0.2, 0.25) is 47.3 Å². The van der Waals surface area contributed by atoms with Gasteiger partial charge in [-0.15, -0.1) is 0 Å². The van der Waals surface area contributed by atoms with Crippen molar-refractivity contribution in [2.45, 2.75) is 206 Å². The van der Waals surface area contributed by atoms with Gasteiger partial charge in [-0.05, 0) is 136 Å². The summed E-state index contributed by atoms with van der Waals surface area (Å²) < 4.78 is 43.7. The first-order valence-electron chi connectivity index (χ1n) is 27.6. The van der Waals surface area contributed by atoms with Gasteiger partial charge in [-0.1, -0.05) is 73.6 Å². The number of halogens is 3. The Kier molecular flexibility index (Phi) is 24.6. The molecule has 78 heavy (non-hydrogen) atoms.